The minimum Gasteiger partial charge on any atom is -0.367 e. The molecule has 2 saturated heterocycles. The average Bonchev–Trinajstić information content (AvgIpc) is 3.80. The quantitative estimate of drug-likeness (QED) is 0.208. The van der Waals surface area contributed by atoms with E-state index in [-0.39, 0.29) is 23.8 Å². The molecule has 1 saturated carbocycles. The van der Waals surface area contributed by atoms with Crippen molar-refractivity contribution in [1.29, 1.82) is 0 Å². The summed E-state index contributed by atoms with van der Waals surface area (Å²) >= 11 is 0. The lowest BCUT2D eigenvalue weighted by Crippen LogP contribution is -2.49. The fourth-order valence-corrected chi connectivity index (χ4v) is 7.49. The van der Waals surface area contributed by atoms with Gasteiger partial charge in [0.15, 0.2) is 11.4 Å². The van der Waals surface area contributed by atoms with Crippen LogP contribution >= 0.6 is 0 Å². The monoisotopic (exact) mass is 670 g/mol. The number of piperidine rings is 1. The van der Waals surface area contributed by atoms with Gasteiger partial charge < -0.3 is 15.0 Å². The molecule has 2 amide bonds. The second-order valence-corrected chi connectivity index (χ2v) is 14.3. The molecule has 3 fully saturated rings. The number of nitrogens with zero attached hydrogens (tertiary/aromatic N) is 6. The highest BCUT2D eigenvalue weighted by atomic mass is 16.5. The molecule has 5 aromatic rings. The molecule has 256 valence electrons. The SMILES string of the molecule is CO[C@@]1(C(=O)Nc2ccc3[nH]nc(-c4ccnc(C5CC5)c4)c3c2)CCN(CC(=O)N2CCC(C)(c3ccc(-c4ncccn4)cc3)CC2)C1. The van der Waals surface area contributed by atoms with E-state index < -0.39 is 5.60 Å². The first-order chi connectivity index (χ1) is 24.3. The maximum Gasteiger partial charge on any atom is 0.258 e. The summed E-state index contributed by atoms with van der Waals surface area (Å²) in [5.41, 5.74) is 5.72. The van der Waals surface area contributed by atoms with Gasteiger partial charge >= 0.3 is 0 Å². The summed E-state index contributed by atoms with van der Waals surface area (Å²) in [4.78, 5) is 44.5. The highest BCUT2D eigenvalue weighted by Crippen LogP contribution is 2.40. The van der Waals surface area contributed by atoms with Gasteiger partial charge in [0.1, 0.15) is 5.69 Å². The van der Waals surface area contributed by atoms with Crippen LogP contribution in [0.4, 0.5) is 5.69 Å². The van der Waals surface area contributed by atoms with E-state index in [1.165, 1.54) is 18.4 Å². The molecule has 3 aromatic heterocycles. The third kappa shape index (κ3) is 6.27. The van der Waals surface area contributed by atoms with Crippen LogP contribution in [0.5, 0.6) is 0 Å². The first-order valence-electron chi connectivity index (χ1n) is 17.5. The number of rotatable bonds is 9. The zero-order chi connectivity index (χ0) is 34.3. The summed E-state index contributed by atoms with van der Waals surface area (Å²) in [5, 5.41) is 11.7. The van der Waals surface area contributed by atoms with Crippen molar-refractivity contribution >= 4 is 28.4 Å². The molecule has 1 aliphatic carbocycles. The third-order valence-electron chi connectivity index (χ3n) is 11.0. The minimum absolute atomic E-state index is 0.0120. The van der Waals surface area contributed by atoms with Crippen molar-refractivity contribution < 1.29 is 14.3 Å². The number of ether oxygens (including phenoxy) is 1. The molecule has 0 radical (unpaired) electrons. The predicted molar refractivity (Wildman–Crippen MR) is 191 cm³/mol. The van der Waals surface area contributed by atoms with Crippen LogP contribution in [0.25, 0.3) is 33.5 Å². The number of pyridine rings is 1. The van der Waals surface area contributed by atoms with E-state index in [4.69, 9.17) is 4.74 Å². The number of hydrogen-bond acceptors (Lipinski definition) is 8. The van der Waals surface area contributed by atoms with Crippen LogP contribution in [0.15, 0.2) is 79.3 Å². The number of fused-ring (bicyclic) bond motifs is 1. The maximum atomic E-state index is 13.8. The van der Waals surface area contributed by atoms with Crippen LogP contribution in [0.1, 0.15) is 56.2 Å². The van der Waals surface area contributed by atoms with E-state index in [9.17, 15) is 9.59 Å². The van der Waals surface area contributed by atoms with Crippen molar-refractivity contribution in [1.82, 2.24) is 34.9 Å². The summed E-state index contributed by atoms with van der Waals surface area (Å²) in [6, 6.07) is 20.2. The number of aromatic nitrogens is 5. The number of hydrogen-bond donors (Lipinski definition) is 2. The molecule has 2 aromatic carbocycles. The molecule has 0 unspecified atom stereocenters. The molecule has 2 aliphatic heterocycles. The fraction of sp³-hybridized carbons (Fsp3) is 0.385. The molecule has 5 heterocycles. The van der Waals surface area contributed by atoms with Crippen LogP contribution in [-0.2, 0) is 19.7 Å². The molecule has 3 aliphatic rings. The molecule has 2 N–H and O–H groups in total. The van der Waals surface area contributed by atoms with Crippen molar-refractivity contribution in [2.24, 2.45) is 0 Å². The van der Waals surface area contributed by atoms with Gasteiger partial charge in [-0.15, -0.1) is 0 Å². The van der Waals surface area contributed by atoms with E-state index in [2.05, 4.69) is 67.7 Å². The Balaban J connectivity index is 0.878. The molecule has 1 atom stereocenters. The normalized spacial score (nSPS) is 20.6. The van der Waals surface area contributed by atoms with Gasteiger partial charge in [0.2, 0.25) is 5.91 Å². The number of carbonyl (C=O) groups is 2. The number of amides is 2. The number of likely N-dealkylation sites (tertiary alicyclic amines) is 2. The van der Waals surface area contributed by atoms with Crippen molar-refractivity contribution in [3.05, 3.63) is 90.5 Å². The Kier molecular flexibility index (Phi) is 8.40. The number of benzene rings is 2. The number of H-pyrrole nitrogens is 1. The fourth-order valence-electron chi connectivity index (χ4n) is 7.49. The minimum atomic E-state index is -1.05. The second-order valence-electron chi connectivity index (χ2n) is 14.3. The highest BCUT2D eigenvalue weighted by Gasteiger charge is 2.46. The van der Waals surface area contributed by atoms with Crippen LogP contribution in [0.3, 0.4) is 0 Å². The van der Waals surface area contributed by atoms with Crippen molar-refractivity contribution in [2.45, 2.75) is 56.0 Å². The van der Waals surface area contributed by atoms with E-state index >= 15 is 0 Å². The Morgan fingerprint density at radius 1 is 0.920 bits per heavy atom. The number of aromatic amines is 1. The highest BCUT2D eigenvalue weighted by molar-refractivity contribution is 6.01. The number of methoxy groups -OCH3 is 1. The zero-order valence-electron chi connectivity index (χ0n) is 28.6. The van der Waals surface area contributed by atoms with Gasteiger partial charge in [-0.1, -0.05) is 31.2 Å². The van der Waals surface area contributed by atoms with E-state index in [1.807, 2.05) is 46.3 Å². The van der Waals surface area contributed by atoms with Gasteiger partial charge in [-0.25, -0.2) is 9.97 Å². The first kappa shape index (κ1) is 32.2. The van der Waals surface area contributed by atoms with Gasteiger partial charge in [0, 0.05) is 85.7 Å². The van der Waals surface area contributed by atoms with Gasteiger partial charge in [-0.3, -0.25) is 24.6 Å². The Hall–Kier alpha value is -5.00. The summed E-state index contributed by atoms with van der Waals surface area (Å²) in [6.07, 6.45) is 9.99. The van der Waals surface area contributed by atoms with Crippen molar-refractivity contribution in [3.8, 4) is 22.6 Å². The van der Waals surface area contributed by atoms with Gasteiger partial charge in [0.25, 0.3) is 5.91 Å². The summed E-state index contributed by atoms with van der Waals surface area (Å²) in [5.74, 6) is 1.14. The lowest BCUT2D eigenvalue weighted by atomic mass is 9.74. The first-order valence-corrected chi connectivity index (χ1v) is 17.5. The average molecular weight is 671 g/mol. The van der Waals surface area contributed by atoms with Crippen LogP contribution in [-0.4, -0.2) is 92.2 Å². The van der Waals surface area contributed by atoms with Gasteiger partial charge in [-0.05, 0) is 79.5 Å². The van der Waals surface area contributed by atoms with Crippen LogP contribution in [0.2, 0.25) is 0 Å². The molecular formula is C39H42N8O3. The number of carbonyl (C=O) groups excluding carboxylic acids is 2. The van der Waals surface area contributed by atoms with E-state index in [1.54, 1.807) is 19.5 Å². The van der Waals surface area contributed by atoms with E-state index in [0.717, 1.165) is 52.1 Å². The van der Waals surface area contributed by atoms with Crippen LogP contribution < -0.4 is 5.32 Å². The Labute approximate surface area is 291 Å². The third-order valence-corrected chi connectivity index (χ3v) is 11.0. The maximum absolute atomic E-state index is 13.8. The molecular weight excluding hydrogens is 628 g/mol. The lowest BCUT2D eigenvalue weighted by Gasteiger charge is -2.40. The smallest absolute Gasteiger partial charge is 0.258 e. The Morgan fingerprint density at radius 3 is 2.44 bits per heavy atom. The topological polar surface area (TPSA) is 129 Å². The van der Waals surface area contributed by atoms with Crippen molar-refractivity contribution in [2.75, 3.05) is 45.2 Å². The van der Waals surface area contributed by atoms with Crippen LogP contribution in [0, 0.1) is 0 Å². The van der Waals surface area contributed by atoms with E-state index in [0.29, 0.717) is 44.2 Å². The second kappa shape index (κ2) is 13.0. The zero-order valence-corrected chi connectivity index (χ0v) is 28.6. The Morgan fingerprint density at radius 2 is 1.70 bits per heavy atom. The molecule has 11 heteroatoms. The molecule has 50 heavy (non-hydrogen) atoms. The summed E-state index contributed by atoms with van der Waals surface area (Å²) in [7, 11) is 1.58. The molecule has 0 spiro atoms. The Bertz CT molecular complexity index is 2020. The molecule has 8 rings (SSSR count). The largest absolute Gasteiger partial charge is 0.367 e. The summed E-state index contributed by atoms with van der Waals surface area (Å²) in [6.45, 7) is 4.89. The standard InChI is InChI=1S/C39H42N8O3/c1-38(29-8-6-27(7-9-29)36-41-16-3-17-42-36)13-20-47(21-14-38)34(48)24-46-19-15-39(25-46,50-2)37(49)43-30-10-11-32-31(23-30)35(45-44-32)28-12-18-40-33(22-28)26-4-5-26/h3,6-12,16-18,22-23,26H,4-5,13-15,19-21,24-25H2,1-2H3,(H,43,49)(H,44,45)/t39-/m0/s1. The lowest BCUT2D eigenvalue weighted by molar-refractivity contribution is -0.138. The number of anilines is 1. The molecule has 0 bridgehead atoms. The van der Waals surface area contributed by atoms with Gasteiger partial charge in [0.05, 0.1) is 12.1 Å². The molecule has 11 nitrogen and oxygen atoms in total. The summed E-state index contributed by atoms with van der Waals surface area (Å²) < 4.78 is 5.90. The number of nitrogens with one attached hydrogen (secondary N) is 2. The predicted octanol–water partition coefficient (Wildman–Crippen LogP) is 5.57. The van der Waals surface area contributed by atoms with Gasteiger partial charge in [-0.2, -0.15) is 5.10 Å². The van der Waals surface area contributed by atoms with Crippen molar-refractivity contribution in [3.63, 3.8) is 0 Å².